The van der Waals surface area contributed by atoms with E-state index in [1.54, 1.807) is 24.1 Å². The normalized spacial score (nSPS) is 14.4. The van der Waals surface area contributed by atoms with E-state index < -0.39 is 6.10 Å². The number of hydrogen-bond acceptors (Lipinski definition) is 5. The molecule has 5 rings (SSSR count). The second-order valence-corrected chi connectivity index (χ2v) is 7.91. The van der Waals surface area contributed by atoms with Gasteiger partial charge in [0.05, 0.1) is 17.3 Å². The number of aliphatic hydroxyl groups excluding tert-OH is 1. The molecule has 0 radical (unpaired) electrons. The fourth-order valence-electron chi connectivity index (χ4n) is 4.02. The van der Waals surface area contributed by atoms with Crippen molar-refractivity contribution in [1.82, 2.24) is 10.3 Å². The molecule has 0 saturated carbocycles. The number of hydrogen-bond donors (Lipinski definition) is 3. The smallest absolute Gasteiger partial charge is 0.264 e. The largest absolute Gasteiger partial charge is 0.492 e. The molecular formula is C25H25N3O4. The van der Waals surface area contributed by atoms with Gasteiger partial charge in [-0.25, -0.2) is 0 Å². The van der Waals surface area contributed by atoms with Crippen molar-refractivity contribution in [3.63, 3.8) is 0 Å². The summed E-state index contributed by atoms with van der Waals surface area (Å²) in [5.41, 5.74) is 3.56. The number of carbonyl (C=O) groups is 1. The second-order valence-electron chi connectivity index (χ2n) is 7.91. The summed E-state index contributed by atoms with van der Waals surface area (Å²) < 4.78 is 11.3. The second kappa shape index (κ2) is 8.53. The summed E-state index contributed by atoms with van der Waals surface area (Å²) in [4.78, 5) is 16.8. The molecule has 1 unspecified atom stereocenters. The lowest BCUT2D eigenvalue weighted by atomic mass is 10.1. The molecular weight excluding hydrogens is 406 g/mol. The Kier molecular flexibility index (Phi) is 5.43. The van der Waals surface area contributed by atoms with Crippen LogP contribution < -0.4 is 19.7 Å². The molecule has 3 N–H and O–H groups in total. The number of para-hydroxylation sites is 1. The Morgan fingerprint density at radius 2 is 1.97 bits per heavy atom. The van der Waals surface area contributed by atoms with Gasteiger partial charge in [0, 0.05) is 42.5 Å². The van der Waals surface area contributed by atoms with Gasteiger partial charge < -0.3 is 29.8 Å². The monoisotopic (exact) mass is 431 g/mol. The van der Waals surface area contributed by atoms with E-state index in [1.807, 2.05) is 30.3 Å². The number of rotatable bonds is 7. The number of aromatic nitrogens is 1. The van der Waals surface area contributed by atoms with Gasteiger partial charge in [-0.2, -0.15) is 0 Å². The molecule has 0 saturated heterocycles. The zero-order valence-electron chi connectivity index (χ0n) is 17.8. The number of nitrogens with one attached hydrogen (secondary N) is 2. The van der Waals surface area contributed by atoms with Crippen LogP contribution in [0.5, 0.6) is 11.5 Å². The van der Waals surface area contributed by atoms with Crippen LogP contribution in [0.2, 0.25) is 0 Å². The van der Waals surface area contributed by atoms with Crippen molar-refractivity contribution >= 4 is 33.4 Å². The standard InChI is InChI=1S/C25H25N3O4/c1-28-22-12-16(6-9-24(22)32-15-25(28)30)23(29)14-26-10-11-31-17-7-8-19-18-4-2-3-5-20(18)27-21(19)13-17/h2-9,12-13,23,26-27,29H,10-11,14-15H2,1H3. The van der Waals surface area contributed by atoms with Crippen LogP contribution in [0, 0.1) is 0 Å². The van der Waals surface area contributed by atoms with E-state index >= 15 is 0 Å². The van der Waals surface area contributed by atoms with E-state index in [-0.39, 0.29) is 12.5 Å². The van der Waals surface area contributed by atoms with Gasteiger partial charge in [0.1, 0.15) is 18.1 Å². The molecule has 2 heterocycles. The maximum atomic E-state index is 11.8. The van der Waals surface area contributed by atoms with E-state index in [2.05, 4.69) is 28.5 Å². The summed E-state index contributed by atoms with van der Waals surface area (Å²) in [6, 6.07) is 19.7. The molecule has 1 aliphatic rings. The number of benzene rings is 3. The fourth-order valence-corrected chi connectivity index (χ4v) is 4.02. The number of ether oxygens (including phenoxy) is 2. The Morgan fingerprint density at radius 3 is 2.88 bits per heavy atom. The highest BCUT2D eigenvalue weighted by atomic mass is 16.5. The van der Waals surface area contributed by atoms with Gasteiger partial charge >= 0.3 is 0 Å². The molecule has 0 bridgehead atoms. The maximum Gasteiger partial charge on any atom is 0.264 e. The van der Waals surface area contributed by atoms with E-state index in [0.29, 0.717) is 31.1 Å². The number of anilines is 1. The van der Waals surface area contributed by atoms with Crippen LogP contribution in [0.25, 0.3) is 21.8 Å². The molecule has 1 aromatic heterocycles. The van der Waals surface area contributed by atoms with Gasteiger partial charge in [0.2, 0.25) is 0 Å². The molecule has 1 aliphatic heterocycles. The predicted molar refractivity (Wildman–Crippen MR) is 124 cm³/mol. The number of fused-ring (bicyclic) bond motifs is 4. The zero-order chi connectivity index (χ0) is 22.1. The van der Waals surface area contributed by atoms with E-state index in [1.165, 1.54) is 10.8 Å². The van der Waals surface area contributed by atoms with Crippen molar-refractivity contribution in [1.29, 1.82) is 0 Å². The molecule has 0 fully saturated rings. The van der Waals surface area contributed by atoms with Crippen LogP contribution in [-0.4, -0.2) is 49.3 Å². The molecule has 4 aromatic rings. The molecule has 7 nitrogen and oxygen atoms in total. The maximum absolute atomic E-state index is 11.8. The molecule has 0 spiro atoms. The molecule has 7 heteroatoms. The highest BCUT2D eigenvalue weighted by Gasteiger charge is 2.23. The summed E-state index contributed by atoms with van der Waals surface area (Å²) in [6.45, 7) is 1.49. The van der Waals surface area contributed by atoms with Crippen molar-refractivity contribution in [3.8, 4) is 11.5 Å². The topological polar surface area (TPSA) is 86.8 Å². The minimum Gasteiger partial charge on any atom is -0.492 e. The minimum absolute atomic E-state index is 0.0418. The van der Waals surface area contributed by atoms with Crippen LogP contribution in [0.1, 0.15) is 11.7 Å². The van der Waals surface area contributed by atoms with E-state index in [0.717, 1.165) is 22.3 Å². The Morgan fingerprint density at radius 1 is 1.12 bits per heavy atom. The van der Waals surface area contributed by atoms with Crippen molar-refractivity contribution in [2.24, 2.45) is 0 Å². The van der Waals surface area contributed by atoms with Crippen LogP contribution in [0.3, 0.4) is 0 Å². The highest BCUT2D eigenvalue weighted by Crippen LogP contribution is 2.33. The van der Waals surface area contributed by atoms with Crippen LogP contribution in [0.15, 0.2) is 60.7 Å². The third-order valence-electron chi connectivity index (χ3n) is 5.82. The number of H-pyrrole nitrogens is 1. The summed E-state index contributed by atoms with van der Waals surface area (Å²) in [7, 11) is 1.71. The average Bonchev–Trinajstić information content (AvgIpc) is 3.19. The van der Waals surface area contributed by atoms with E-state index in [4.69, 9.17) is 9.47 Å². The van der Waals surface area contributed by atoms with Crippen molar-refractivity contribution in [3.05, 3.63) is 66.2 Å². The molecule has 32 heavy (non-hydrogen) atoms. The molecule has 1 amide bonds. The number of carbonyl (C=O) groups excluding carboxylic acids is 1. The molecule has 1 atom stereocenters. The SMILES string of the molecule is CN1C(=O)COc2ccc(C(O)CNCCOc3ccc4c(c3)[nH]c3ccccc34)cc21. The Labute approximate surface area is 185 Å². The van der Waals surface area contributed by atoms with Crippen molar-refractivity contribution < 1.29 is 19.4 Å². The lowest BCUT2D eigenvalue weighted by Crippen LogP contribution is -2.35. The number of aromatic amines is 1. The molecule has 0 aliphatic carbocycles. The van der Waals surface area contributed by atoms with Gasteiger partial charge in [-0.05, 0) is 35.9 Å². The Balaban J connectivity index is 1.14. The summed E-state index contributed by atoms with van der Waals surface area (Å²) in [5.74, 6) is 1.34. The first-order valence-corrected chi connectivity index (χ1v) is 10.7. The first-order valence-electron chi connectivity index (χ1n) is 10.7. The van der Waals surface area contributed by atoms with Gasteiger partial charge in [-0.15, -0.1) is 0 Å². The van der Waals surface area contributed by atoms with Gasteiger partial charge in [-0.3, -0.25) is 4.79 Å². The number of aliphatic hydroxyl groups is 1. The number of likely N-dealkylation sites (N-methyl/N-ethyl adjacent to an activating group) is 1. The quantitative estimate of drug-likeness (QED) is 0.391. The summed E-state index contributed by atoms with van der Waals surface area (Å²) in [5, 5.41) is 16.1. The zero-order valence-corrected chi connectivity index (χ0v) is 17.8. The van der Waals surface area contributed by atoms with E-state index in [9.17, 15) is 9.90 Å². The van der Waals surface area contributed by atoms with Crippen molar-refractivity contribution in [2.75, 3.05) is 38.3 Å². The highest BCUT2D eigenvalue weighted by molar-refractivity contribution is 6.07. The van der Waals surface area contributed by atoms with Crippen LogP contribution in [-0.2, 0) is 4.79 Å². The van der Waals surface area contributed by atoms with Gasteiger partial charge in [-0.1, -0.05) is 24.3 Å². The van der Waals surface area contributed by atoms with Crippen LogP contribution in [0.4, 0.5) is 5.69 Å². The number of amides is 1. The predicted octanol–water partition coefficient (Wildman–Crippen LogP) is 3.38. The number of nitrogens with zero attached hydrogens (tertiary/aromatic N) is 1. The summed E-state index contributed by atoms with van der Waals surface area (Å²) in [6.07, 6.45) is -0.701. The molecule has 164 valence electrons. The summed E-state index contributed by atoms with van der Waals surface area (Å²) >= 11 is 0. The lowest BCUT2D eigenvalue weighted by molar-refractivity contribution is -0.120. The Bertz CT molecular complexity index is 1280. The average molecular weight is 431 g/mol. The van der Waals surface area contributed by atoms with Crippen molar-refractivity contribution in [2.45, 2.75) is 6.10 Å². The van der Waals surface area contributed by atoms with Gasteiger partial charge in [0.15, 0.2) is 6.61 Å². The first kappa shape index (κ1) is 20.4. The third-order valence-corrected chi connectivity index (χ3v) is 5.82. The lowest BCUT2D eigenvalue weighted by Gasteiger charge is -2.27. The van der Waals surface area contributed by atoms with Gasteiger partial charge in [0.25, 0.3) is 5.91 Å². The Hall–Kier alpha value is -3.55. The third kappa shape index (κ3) is 3.88. The van der Waals surface area contributed by atoms with Crippen LogP contribution >= 0.6 is 0 Å². The first-order chi connectivity index (χ1) is 15.6. The fraction of sp³-hybridized carbons (Fsp3) is 0.240. The minimum atomic E-state index is -0.701. The molecule has 3 aromatic carbocycles.